The molecule has 0 saturated carbocycles. The third-order valence-electron chi connectivity index (χ3n) is 4.14. The van der Waals surface area contributed by atoms with Crippen LogP contribution in [0.5, 0.6) is 0 Å². The summed E-state index contributed by atoms with van der Waals surface area (Å²) in [5, 5.41) is 0. The molecule has 0 atom stereocenters. The molecule has 0 spiro atoms. The molecule has 0 heteroatoms. The lowest BCUT2D eigenvalue weighted by Crippen LogP contribution is -1.87. The smallest absolute Gasteiger partial charge is 0.0351 e. The molecular formula is C20H40. The van der Waals surface area contributed by atoms with Crippen LogP contribution in [0.15, 0.2) is 12.2 Å². The SMILES string of the molecule is C/C=C/CCCCCCCCCCCCCCC(C)C. The first-order valence-corrected chi connectivity index (χ1v) is 9.38. The quantitative estimate of drug-likeness (QED) is 0.213. The Hall–Kier alpha value is -0.260. The van der Waals surface area contributed by atoms with E-state index in [-0.39, 0.29) is 0 Å². The van der Waals surface area contributed by atoms with E-state index in [0.29, 0.717) is 0 Å². The summed E-state index contributed by atoms with van der Waals surface area (Å²) in [6, 6.07) is 0. The Bertz CT molecular complexity index is 190. The molecule has 0 aliphatic heterocycles. The first-order valence-electron chi connectivity index (χ1n) is 9.38. The molecule has 0 amide bonds. The molecule has 0 radical (unpaired) electrons. The minimum Gasteiger partial charge on any atom is -0.0917 e. The van der Waals surface area contributed by atoms with Crippen molar-refractivity contribution in [1.29, 1.82) is 0 Å². The first kappa shape index (κ1) is 19.7. The lowest BCUT2D eigenvalue weighted by atomic mass is 10.0. The van der Waals surface area contributed by atoms with Gasteiger partial charge in [-0.2, -0.15) is 0 Å². The second-order valence-electron chi connectivity index (χ2n) is 6.78. The van der Waals surface area contributed by atoms with Gasteiger partial charge in [-0.25, -0.2) is 0 Å². The van der Waals surface area contributed by atoms with Crippen molar-refractivity contribution < 1.29 is 0 Å². The van der Waals surface area contributed by atoms with Crippen LogP contribution >= 0.6 is 0 Å². The average Bonchev–Trinajstić information content (AvgIpc) is 2.43. The molecule has 0 fully saturated rings. The predicted molar refractivity (Wildman–Crippen MR) is 94.3 cm³/mol. The largest absolute Gasteiger partial charge is 0.0917 e. The van der Waals surface area contributed by atoms with E-state index >= 15 is 0 Å². The standard InChI is InChI=1S/C20H40/c1-4-5-6-7-8-9-10-11-12-13-14-15-16-17-18-19-20(2)3/h4-5,20H,6-19H2,1-3H3/b5-4+. The van der Waals surface area contributed by atoms with Gasteiger partial charge in [0.25, 0.3) is 0 Å². The summed E-state index contributed by atoms with van der Waals surface area (Å²) in [5.41, 5.74) is 0. The van der Waals surface area contributed by atoms with Gasteiger partial charge in [0.1, 0.15) is 0 Å². The fourth-order valence-corrected chi connectivity index (χ4v) is 2.75. The van der Waals surface area contributed by atoms with E-state index in [4.69, 9.17) is 0 Å². The summed E-state index contributed by atoms with van der Waals surface area (Å²) < 4.78 is 0. The second-order valence-corrected chi connectivity index (χ2v) is 6.78. The summed E-state index contributed by atoms with van der Waals surface area (Å²) in [6.07, 6.45) is 24.7. The maximum absolute atomic E-state index is 2.33. The predicted octanol–water partition coefficient (Wildman–Crippen LogP) is 7.68. The monoisotopic (exact) mass is 280 g/mol. The Kier molecular flexibility index (Phi) is 16.6. The molecule has 0 aromatic heterocycles. The lowest BCUT2D eigenvalue weighted by Gasteiger charge is -2.04. The fourth-order valence-electron chi connectivity index (χ4n) is 2.75. The molecule has 0 nitrogen and oxygen atoms in total. The Morgan fingerprint density at radius 1 is 0.600 bits per heavy atom. The third-order valence-corrected chi connectivity index (χ3v) is 4.14. The summed E-state index contributed by atoms with van der Waals surface area (Å²) in [7, 11) is 0. The van der Waals surface area contributed by atoms with Gasteiger partial charge in [0.2, 0.25) is 0 Å². The van der Waals surface area contributed by atoms with E-state index in [1.54, 1.807) is 0 Å². The second kappa shape index (κ2) is 16.8. The molecule has 0 heterocycles. The van der Waals surface area contributed by atoms with Crippen molar-refractivity contribution in [2.24, 2.45) is 5.92 Å². The molecule has 0 saturated heterocycles. The number of allylic oxidation sites excluding steroid dienone is 2. The van der Waals surface area contributed by atoms with Crippen molar-refractivity contribution in [3.05, 3.63) is 12.2 Å². The Labute approximate surface area is 129 Å². The van der Waals surface area contributed by atoms with Gasteiger partial charge >= 0.3 is 0 Å². The molecule has 0 rings (SSSR count). The minimum absolute atomic E-state index is 0.896. The van der Waals surface area contributed by atoms with Crippen LogP contribution in [0, 0.1) is 5.92 Å². The minimum atomic E-state index is 0.896. The van der Waals surface area contributed by atoms with Crippen molar-refractivity contribution in [3.8, 4) is 0 Å². The van der Waals surface area contributed by atoms with Gasteiger partial charge in [-0.3, -0.25) is 0 Å². The van der Waals surface area contributed by atoms with Crippen LogP contribution in [0.4, 0.5) is 0 Å². The van der Waals surface area contributed by atoms with Crippen LogP contribution in [0.25, 0.3) is 0 Å². The molecule has 0 aliphatic rings. The van der Waals surface area contributed by atoms with Crippen molar-refractivity contribution in [2.45, 2.75) is 111 Å². The fraction of sp³-hybridized carbons (Fsp3) is 0.900. The van der Waals surface area contributed by atoms with Crippen molar-refractivity contribution in [3.63, 3.8) is 0 Å². The van der Waals surface area contributed by atoms with Gasteiger partial charge in [0.05, 0.1) is 0 Å². The van der Waals surface area contributed by atoms with Crippen LogP contribution in [0.1, 0.15) is 111 Å². The Balaban J connectivity index is 2.96. The van der Waals surface area contributed by atoms with Gasteiger partial charge in [0.15, 0.2) is 0 Å². The highest BCUT2D eigenvalue weighted by Crippen LogP contribution is 2.14. The molecule has 120 valence electrons. The van der Waals surface area contributed by atoms with Gasteiger partial charge < -0.3 is 0 Å². The van der Waals surface area contributed by atoms with Gasteiger partial charge in [-0.1, -0.05) is 103 Å². The highest BCUT2D eigenvalue weighted by molar-refractivity contribution is 4.76. The number of hydrogen-bond acceptors (Lipinski definition) is 0. The zero-order valence-corrected chi connectivity index (χ0v) is 14.6. The molecule has 0 aliphatic carbocycles. The van der Waals surface area contributed by atoms with Crippen LogP contribution in [0.3, 0.4) is 0 Å². The summed E-state index contributed by atoms with van der Waals surface area (Å²) in [5.74, 6) is 0.896. The average molecular weight is 281 g/mol. The molecule has 0 aromatic carbocycles. The summed E-state index contributed by atoms with van der Waals surface area (Å²) in [6.45, 7) is 6.78. The maximum Gasteiger partial charge on any atom is -0.0351 e. The molecule has 0 bridgehead atoms. The number of rotatable bonds is 15. The van der Waals surface area contributed by atoms with Crippen molar-refractivity contribution in [2.75, 3.05) is 0 Å². The van der Waals surface area contributed by atoms with Gasteiger partial charge in [-0.15, -0.1) is 0 Å². The zero-order chi connectivity index (χ0) is 14.9. The van der Waals surface area contributed by atoms with E-state index in [9.17, 15) is 0 Å². The Morgan fingerprint density at radius 3 is 1.40 bits per heavy atom. The van der Waals surface area contributed by atoms with E-state index in [1.807, 2.05) is 0 Å². The number of unbranched alkanes of at least 4 members (excludes halogenated alkanes) is 12. The van der Waals surface area contributed by atoms with E-state index in [0.717, 1.165) is 5.92 Å². The topological polar surface area (TPSA) is 0 Å². The first-order chi connectivity index (χ1) is 9.77. The molecule has 0 N–H and O–H groups in total. The zero-order valence-electron chi connectivity index (χ0n) is 14.6. The van der Waals surface area contributed by atoms with Crippen LogP contribution < -0.4 is 0 Å². The molecule has 20 heavy (non-hydrogen) atoms. The third kappa shape index (κ3) is 17.7. The van der Waals surface area contributed by atoms with Crippen LogP contribution in [-0.2, 0) is 0 Å². The van der Waals surface area contributed by atoms with E-state index in [2.05, 4.69) is 32.9 Å². The number of hydrogen-bond donors (Lipinski definition) is 0. The van der Waals surface area contributed by atoms with E-state index < -0.39 is 0 Å². The summed E-state index contributed by atoms with van der Waals surface area (Å²) >= 11 is 0. The van der Waals surface area contributed by atoms with E-state index in [1.165, 1.54) is 89.9 Å². The van der Waals surface area contributed by atoms with Gasteiger partial charge in [-0.05, 0) is 25.7 Å². The maximum atomic E-state index is 2.33. The lowest BCUT2D eigenvalue weighted by molar-refractivity contribution is 0.503. The van der Waals surface area contributed by atoms with Crippen molar-refractivity contribution in [1.82, 2.24) is 0 Å². The highest BCUT2D eigenvalue weighted by atomic mass is 14.0. The van der Waals surface area contributed by atoms with Crippen LogP contribution in [0.2, 0.25) is 0 Å². The molecular weight excluding hydrogens is 240 g/mol. The van der Waals surface area contributed by atoms with Crippen LogP contribution in [-0.4, -0.2) is 0 Å². The van der Waals surface area contributed by atoms with Gasteiger partial charge in [0, 0.05) is 0 Å². The normalized spacial score (nSPS) is 11.8. The molecule has 0 unspecified atom stereocenters. The van der Waals surface area contributed by atoms with Crippen molar-refractivity contribution >= 4 is 0 Å². The highest BCUT2D eigenvalue weighted by Gasteiger charge is 1.95. The molecule has 0 aromatic rings. The Morgan fingerprint density at radius 2 is 1.00 bits per heavy atom. The summed E-state index contributed by atoms with van der Waals surface area (Å²) in [4.78, 5) is 0.